The van der Waals surface area contributed by atoms with E-state index in [9.17, 15) is 24.3 Å². The number of carboxylic acid groups (broad SMARTS) is 2. The van der Waals surface area contributed by atoms with Crippen LogP contribution in [0, 0.1) is 0 Å². The first kappa shape index (κ1) is 22.8. The third-order valence-corrected chi connectivity index (χ3v) is 3.41. The van der Waals surface area contributed by atoms with Crippen molar-refractivity contribution in [2.75, 3.05) is 26.7 Å². The van der Waals surface area contributed by atoms with Crippen LogP contribution in [0.25, 0.3) is 0 Å². The molecule has 11 heteroatoms. The summed E-state index contributed by atoms with van der Waals surface area (Å²) in [5.74, 6) is -3.52. The fraction of sp³-hybridized carbons (Fsp3) is 0.714. The molecule has 0 heterocycles. The number of rotatable bonds is 13. The maximum atomic E-state index is 12.1. The van der Waals surface area contributed by atoms with Crippen LogP contribution in [0.1, 0.15) is 19.8 Å². The lowest BCUT2D eigenvalue weighted by Gasteiger charge is -2.21. The number of aliphatic carboxylic acids is 2. The molecule has 0 aromatic rings. The van der Waals surface area contributed by atoms with Crippen LogP contribution in [0.4, 0.5) is 0 Å². The fourth-order valence-electron chi connectivity index (χ4n) is 2.00. The van der Waals surface area contributed by atoms with Gasteiger partial charge in [0.25, 0.3) is 0 Å². The molecule has 11 nitrogen and oxygen atoms in total. The van der Waals surface area contributed by atoms with Crippen LogP contribution in [-0.2, 0) is 19.2 Å². The maximum Gasteiger partial charge on any atom is 0.328 e. The first-order valence-electron chi connectivity index (χ1n) is 7.90. The largest absolute Gasteiger partial charge is 0.481 e. The molecule has 0 radical (unpaired) electrons. The van der Waals surface area contributed by atoms with Gasteiger partial charge in [-0.3, -0.25) is 14.4 Å². The van der Waals surface area contributed by atoms with E-state index < -0.39 is 41.9 Å². The topological polar surface area (TPSA) is 183 Å². The van der Waals surface area contributed by atoms with Gasteiger partial charge in [0.15, 0.2) is 0 Å². The molecule has 2 amide bonds. The molecule has 0 aromatic heterocycles. The van der Waals surface area contributed by atoms with Gasteiger partial charge in [0.05, 0.1) is 12.1 Å². The van der Waals surface area contributed by atoms with E-state index in [4.69, 9.17) is 10.8 Å². The van der Waals surface area contributed by atoms with Crippen molar-refractivity contribution in [3.63, 3.8) is 0 Å². The number of hydrogen-bond acceptors (Lipinski definition) is 7. The van der Waals surface area contributed by atoms with Gasteiger partial charge in [0.2, 0.25) is 11.8 Å². The van der Waals surface area contributed by atoms with Gasteiger partial charge in [0, 0.05) is 19.5 Å². The number of carbonyl (C=O) groups excluding carboxylic acids is 2. The molecule has 0 spiro atoms. The third kappa shape index (κ3) is 8.98. The quantitative estimate of drug-likeness (QED) is 0.180. The average Bonchev–Trinajstić information content (AvgIpc) is 2.55. The van der Waals surface area contributed by atoms with Crippen LogP contribution in [0.2, 0.25) is 0 Å². The van der Waals surface area contributed by atoms with E-state index in [0.29, 0.717) is 6.54 Å². The smallest absolute Gasteiger partial charge is 0.328 e. The minimum atomic E-state index is -1.35. The number of likely N-dealkylation sites (N-methyl/N-ethyl adjacent to an activating group) is 2. The predicted molar refractivity (Wildman–Crippen MR) is 88.8 cm³/mol. The number of nitrogens with one attached hydrogen (secondary N) is 4. The van der Waals surface area contributed by atoms with Crippen molar-refractivity contribution in [3.05, 3.63) is 0 Å². The molecular weight excluding hydrogens is 334 g/mol. The van der Waals surface area contributed by atoms with Gasteiger partial charge >= 0.3 is 11.9 Å². The van der Waals surface area contributed by atoms with Crippen molar-refractivity contribution in [2.45, 2.75) is 37.9 Å². The number of hydrogen-bond donors (Lipinski definition) is 7. The lowest BCUT2D eigenvalue weighted by Crippen LogP contribution is -2.56. The minimum Gasteiger partial charge on any atom is -0.481 e. The molecule has 3 atom stereocenters. The van der Waals surface area contributed by atoms with E-state index >= 15 is 0 Å². The Kier molecular flexibility index (Phi) is 11.1. The Balaban J connectivity index is 4.68. The van der Waals surface area contributed by atoms with Gasteiger partial charge in [-0.05, 0) is 20.0 Å². The number of nitrogens with two attached hydrogens (primary N) is 1. The Labute approximate surface area is 145 Å². The van der Waals surface area contributed by atoms with Crippen LogP contribution in [0.5, 0.6) is 0 Å². The van der Waals surface area contributed by atoms with Crippen molar-refractivity contribution in [3.8, 4) is 0 Å². The summed E-state index contributed by atoms with van der Waals surface area (Å²) in [6.45, 7) is 2.03. The minimum absolute atomic E-state index is 0.00598. The molecule has 1 unspecified atom stereocenters. The lowest BCUT2D eigenvalue weighted by molar-refractivity contribution is -0.142. The molecule has 25 heavy (non-hydrogen) atoms. The highest BCUT2D eigenvalue weighted by Crippen LogP contribution is 1.98. The molecule has 0 aliphatic carbocycles. The zero-order valence-electron chi connectivity index (χ0n) is 14.4. The molecule has 0 aliphatic heterocycles. The van der Waals surface area contributed by atoms with Gasteiger partial charge < -0.3 is 37.2 Å². The molecule has 144 valence electrons. The first-order valence-corrected chi connectivity index (χ1v) is 7.90. The van der Waals surface area contributed by atoms with E-state index in [1.54, 1.807) is 6.92 Å². The van der Waals surface area contributed by atoms with Crippen molar-refractivity contribution < 1.29 is 29.4 Å². The predicted octanol–water partition coefficient (Wildman–Crippen LogP) is -2.94. The molecule has 0 saturated carbocycles. The molecule has 0 aromatic carbocycles. The lowest BCUT2D eigenvalue weighted by atomic mass is 10.1. The zero-order chi connectivity index (χ0) is 19.4. The molecular formula is C14H27N5O6. The molecule has 0 aliphatic rings. The highest BCUT2D eigenvalue weighted by Gasteiger charge is 2.26. The van der Waals surface area contributed by atoms with Crippen LogP contribution >= 0.6 is 0 Å². The van der Waals surface area contributed by atoms with Crippen molar-refractivity contribution in [2.24, 2.45) is 5.73 Å². The van der Waals surface area contributed by atoms with Crippen LogP contribution in [0.3, 0.4) is 0 Å². The highest BCUT2D eigenvalue weighted by atomic mass is 16.4. The van der Waals surface area contributed by atoms with Crippen molar-refractivity contribution >= 4 is 23.8 Å². The van der Waals surface area contributed by atoms with Crippen molar-refractivity contribution in [1.29, 1.82) is 0 Å². The van der Waals surface area contributed by atoms with E-state index in [1.165, 1.54) is 7.05 Å². The van der Waals surface area contributed by atoms with E-state index in [-0.39, 0.29) is 25.9 Å². The van der Waals surface area contributed by atoms with Gasteiger partial charge in [0.1, 0.15) is 6.04 Å². The first-order chi connectivity index (χ1) is 11.8. The van der Waals surface area contributed by atoms with Gasteiger partial charge in [-0.25, -0.2) is 4.79 Å². The normalized spacial score (nSPS) is 14.2. The Morgan fingerprint density at radius 2 is 1.68 bits per heavy atom. The van der Waals surface area contributed by atoms with E-state index in [1.807, 2.05) is 0 Å². The Morgan fingerprint density at radius 1 is 1.04 bits per heavy atom. The fourth-order valence-corrected chi connectivity index (χ4v) is 2.00. The number of carboxylic acids is 2. The monoisotopic (exact) mass is 361 g/mol. The molecule has 0 bridgehead atoms. The number of carbonyl (C=O) groups is 4. The van der Waals surface area contributed by atoms with Gasteiger partial charge in [-0.1, -0.05) is 6.92 Å². The second-order valence-electron chi connectivity index (χ2n) is 5.26. The van der Waals surface area contributed by atoms with Crippen LogP contribution in [0.15, 0.2) is 0 Å². The van der Waals surface area contributed by atoms with Gasteiger partial charge in [-0.15, -0.1) is 0 Å². The Bertz CT molecular complexity index is 473. The summed E-state index contributed by atoms with van der Waals surface area (Å²) in [6, 6.07) is -2.86. The number of amides is 2. The summed E-state index contributed by atoms with van der Waals surface area (Å²) < 4.78 is 0. The zero-order valence-corrected chi connectivity index (χ0v) is 14.4. The van der Waals surface area contributed by atoms with Crippen LogP contribution < -0.4 is 27.0 Å². The highest BCUT2D eigenvalue weighted by molar-refractivity contribution is 5.88. The Morgan fingerprint density at radius 3 is 2.12 bits per heavy atom. The van der Waals surface area contributed by atoms with Crippen molar-refractivity contribution in [1.82, 2.24) is 21.3 Å². The standard InChI is InChI=1S/C14H27N5O6/c1-3-17-9(6-15)12(22)18-7-10(14(24)25)19-13(23)8(16-2)4-5-11(20)21/h8-10,16-17H,3-7,15H2,1-2H3,(H,18,22)(H,19,23)(H,20,21)(H,24,25)/t8-,9-,10?/m0/s1. The summed E-state index contributed by atoms with van der Waals surface area (Å²) in [5.41, 5.74) is 5.46. The molecule has 8 N–H and O–H groups in total. The van der Waals surface area contributed by atoms with E-state index in [2.05, 4.69) is 21.3 Å². The second kappa shape index (κ2) is 12.2. The summed E-state index contributed by atoms with van der Waals surface area (Å²) >= 11 is 0. The summed E-state index contributed by atoms with van der Waals surface area (Å²) in [7, 11) is 1.46. The summed E-state index contributed by atoms with van der Waals surface area (Å²) in [6.07, 6.45) is -0.236. The SMILES string of the molecule is CCN[C@@H](CN)C(=O)NCC(NC(=O)[C@H](CCC(=O)O)NC)C(=O)O. The molecule has 0 saturated heterocycles. The average molecular weight is 361 g/mol. The third-order valence-electron chi connectivity index (χ3n) is 3.41. The van der Waals surface area contributed by atoms with Crippen LogP contribution in [-0.4, -0.2) is 78.8 Å². The second-order valence-corrected chi connectivity index (χ2v) is 5.26. The van der Waals surface area contributed by atoms with Gasteiger partial charge in [-0.2, -0.15) is 0 Å². The van der Waals surface area contributed by atoms with E-state index in [0.717, 1.165) is 0 Å². The summed E-state index contributed by atoms with van der Waals surface area (Å²) in [5, 5.41) is 28.0. The Hall–Kier alpha value is -2.24. The molecule has 0 fully saturated rings. The maximum absolute atomic E-state index is 12.1. The summed E-state index contributed by atoms with van der Waals surface area (Å²) in [4.78, 5) is 45.8. The molecule has 0 rings (SSSR count).